The van der Waals surface area contributed by atoms with E-state index in [1.165, 1.54) is 0 Å². The van der Waals surface area contributed by atoms with Crippen molar-refractivity contribution in [3.63, 3.8) is 0 Å². The molecule has 5 heteroatoms. The third kappa shape index (κ3) is 1.92. The molecule has 2 nitrogen and oxygen atoms in total. The van der Waals surface area contributed by atoms with Crippen LogP contribution in [0.3, 0.4) is 0 Å². The molecule has 0 spiro atoms. The quantitative estimate of drug-likeness (QED) is 0.777. The average Bonchev–Trinajstić information content (AvgIpc) is 2.72. The predicted octanol–water partition coefficient (Wildman–Crippen LogP) is 2.91. The maximum atomic E-state index is 5.67. The highest BCUT2D eigenvalue weighted by Crippen LogP contribution is 2.42. The van der Waals surface area contributed by atoms with Crippen LogP contribution in [-0.2, 0) is 14.2 Å². The van der Waals surface area contributed by atoms with Gasteiger partial charge >= 0.3 is 0 Å². The maximum Gasteiger partial charge on any atom is 0.264 e. The molecule has 0 aromatic carbocycles. The fourth-order valence-electron chi connectivity index (χ4n) is 1.14. The van der Waals surface area contributed by atoms with Crippen LogP contribution in [-0.4, -0.2) is 18.6 Å². The van der Waals surface area contributed by atoms with Crippen LogP contribution in [0.5, 0.6) is 0 Å². The van der Waals surface area contributed by atoms with Crippen LogP contribution in [0.1, 0.15) is 4.88 Å². The summed E-state index contributed by atoms with van der Waals surface area (Å²) in [5.41, 5.74) is 0. The van der Waals surface area contributed by atoms with Crippen molar-refractivity contribution in [1.29, 1.82) is 0 Å². The van der Waals surface area contributed by atoms with Crippen LogP contribution in [0.4, 0.5) is 0 Å². The summed E-state index contributed by atoms with van der Waals surface area (Å²) >= 11 is 10.7. The van der Waals surface area contributed by atoms with Crippen LogP contribution in [0.2, 0.25) is 0 Å². The van der Waals surface area contributed by atoms with Crippen molar-refractivity contribution in [3.8, 4) is 0 Å². The van der Waals surface area contributed by atoms with Crippen LogP contribution in [0.15, 0.2) is 17.5 Å². The number of rotatable bonds is 2. The van der Waals surface area contributed by atoms with E-state index in [-0.39, 0.29) is 6.10 Å². The largest absolute Gasteiger partial charge is 0.334 e. The second-order valence-corrected chi connectivity index (χ2v) is 5.02. The molecule has 13 heavy (non-hydrogen) atoms. The summed E-state index contributed by atoms with van der Waals surface area (Å²) in [7, 11) is 0. The van der Waals surface area contributed by atoms with Gasteiger partial charge in [-0.3, -0.25) is 0 Å². The van der Waals surface area contributed by atoms with E-state index in [0.29, 0.717) is 12.5 Å². The molecule has 0 saturated carbocycles. The molecule has 1 aromatic heterocycles. The summed E-state index contributed by atoms with van der Waals surface area (Å²) in [5, 5.41) is 1.99. The predicted molar refractivity (Wildman–Crippen MR) is 56.5 cm³/mol. The summed E-state index contributed by atoms with van der Waals surface area (Å²) in [6.45, 7) is 0.534. The first kappa shape index (κ1) is 9.93. The zero-order valence-electron chi connectivity index (χ0n) is 6.70. The highest BCUT2D eigenvalue weighted by atomic mass is 79.9. The van der Waals surface area contributed by atoms with Crippen molar-refractivity contribution >= 4 is 38.9 Å². The molecule has 1 aromatic rings. The van der Waals surface area contributed by atoms with Gasteiger partial charge in [0.25, 0.3) is 4.70 Å². The molecule has 1 saturated heterocycles. The standard InChI is InChI=1S/C8H8BrClO2S/c9-8(7-2-1-3-13-7)11-5-6(4-10)12-8/h1-3,6H,4-5H2/t6-,8+/m1/s1. The molecule has 0 radical (unpaired) electrons. The van der Waals surface area contributed by atoms with Gasteiger partial charge in [0.05, 0.1) is 23.5 Å². The third-order valence-electron chi connectivity index (χ3n) is 1.76. The van der Waals surface area contributed by atoms with E-state index in [9.17, 15) is 0 Å². The first-order chi connectivity index (χ1) is 6.24. The number of alkyl halides is 2. The molecule has 0 N–H and O–H groups in total. The summed E-state index contributed by atoms with van der Waals surface area (Å²) in [4.78, 5) is 1.01. The van der Waals surface area contributed by atoms with Gasteiger partial charge in [-0.25, -0.2) is 0 Å². The van der Waals surface area contributed by atoms with Crippen LogP contribution in [0.25, 0.3) is 0 Å². The molecule has 2 atom stereocenters. The van der Waals surface area contributed by atoms with E-state index in [0.717, 1.165) is 4.88 Å². The minimum absolute atomic E-state index is 0.0249. The zero-order valence-corrected chi connectivity index (χ0v) is 9.86. The fraction of sp³-hybridized carbons (Fsp3) is 0.500. The summed E-state index contributed by atoms with van der Waals surface area (Å²) in [6, 6.07) is 3.93. The van der Waals surface area contributed by atoms with Gasteiger partial charge in [-0.2, -0.15) is 0 Å². The fourth-order valence-corrected chi connectivity index (χ4v) is 2.81. The number of hydrogen-bond donors (Lipinski definition) is 0. The molecule has 2 heterocycles. The minimum Gasteiger partial charge on any atom is -0.334 e. The van der Waals surface area contributed by atoms with Crippen molar-refractivity contribution in [3.05, 3.63) is 22.4 Å². The van der Waals surface area contributed by atoms with Crippen molar-refractivity contribution in [1.82, 2.24) is 0 Å². The summed E-state index contributed by atoms with van der Waals surface area (Å²) in [5.74, 6) is 0.457. The molecular weight excluding hydrogens is 276 g/mol. The average molecular weight is 284 g/mol. The number of ether oxygens (including phenoxy) is 2. The van der Waals surface area contributed by atoms with Crippen molar-refractivity contribution in [2.24, 2.45) is 0 Å². The van der Waals surface area contributed by atoms with Crippen LogP contribution in [0, 0.1) is 0 Å². The van der Waals surface area contributed by atoms with Gasteiger partial charge in [-0.15, -0.1) is 22.9 Å². The Morgan fingerprint density at radius 3 is 3.15 bits per heavy atom. The zero-order chi connectivity index (χ0) is 9.31. The Bertz CT molecular complexity index is 280. The van der Waals surface area contributed by atoms with Gasteiger partial charge in [0.2, 0.25) is 0 Å². The van der Waals surface area contributed by atoms with E-state index in [1.54, 1.807) is 11.3 Å². The Morgan fingerprint density at radius 1 is 1.77 bits per heavy atom. The van der Waals surface area contributed by atoms with Crippen molar-refractivity contribution in [2.45, 2.75) is 10.8 Å². The molecule has 1 fully saturated rings. The molecule has 2 rings (SSSR count). The smallest absolute Gasteiger partial charge is 0.264 e. The lowest BCUT2D eigenvalue weighted by Gasteiger charge is -2.18. The third-order valence-corrected chi connectivity index (χ3v) is 4.16. The summed E-state index contributed by atoms with van der Waals surface area (Å²) in [6.07, 6.45) is -0.0249. The highest BCUT2D eigenvalue weighted by Gasteiger charge is 2.41. The van der Waals surface area contributed by atoms with Gasteiger partial charge in [0.1, 0.15) is 0 Å². The molecule has 1 aliphatic rings. The van der Waals surface area contributed by atoms with E-state index in [2.05, 4.69) is 15.9 Å². The number of hydrogen-bond acceptors (Lipinski definition) is 3. The lowest BCUT2D eigenvalue weighted by Crippen LogP contribution is -2.19. The highest BCUT2D eigenvalue weighted by molar-refractivity contribution is 9.09. The van der Waals surface area contributed by atoms with Gasteiger partial charge in [-0.05, 0) is 27.4 Å². The first-order valence-electron chi connectivity index (χ1n) is 3.85. The van der Waals surface area contributed by atoms with E-state index in [1.807, 2.05) is 17.5 Å². The van der Waals surface area contributed by atoms with Crippen molar-refractivity contribution in [2.75, 3.05) is 12.5 Å². The second-order valence-electron chi connectivity index (χ2n) is 2.72. The normalized spacial score (nSPS) is 33.8. The number of halogens is 2. The monoisotopic (exact) mass is 282 g/mol. The molecule has 1 aliphatic heterocycles. The molecule has 0 unspecified atom stereocenters. The van der Waals surface area contributed by atoms with Crippen molar-refractivity contribution < 1.29 is 9.47 Å². The van der Waals surface area contributed by atoms with Crippen LogP contribution >= 0.6 is 38.9 Å². The van der Waals surface area contributed by atoms with Gasteiger partial charge < -0.3 is 9.47 Å². The van der Waals surface area contributed by atoms with Gasteiger partial charge in [0.15, 0.2) is 0 Å². The van der Waals surface area contributed by atoms with E-state index < -0.39 is 4.70 Å². The number of thiophene rings is 1. The molecule has 0 bridgehead atoms. The first-order valence-corrected chi connectivity index (χ1v) is 6.06. The van der Waals surface area contributed by atoms with Crippen LogP contribution < -0.4 is 0 Å². The Labute approximate surface area is 93.9 Å². The van der Waals surface area contributed by atoms with E-state index >= 15 is 0 Å². The van der Waals surface area contributed by atoms with E-state index in [4.69, 9.17) is 21.1 Å². The molecule has 72 valence electrons. The summed E-state index contributed by atoms with van der Waals surface area (Å²) < 4.78 is 10.4. The Morgan fingerprint density at radius 2 is 2.62 bits per heavy atom. The lowest BCUT2D eigenvalue weighted by molar-refractivity contribution is -0.0833. The Balaban J connectivity index is 2.15. The SMILES string of the molecule is ClC[C@@H]1CO[C@@](Br)(c2cccs2)O1. The maximum absolute atomic E-state index is 5.67. The second kappa shape index (κ2) is 3.87. The van der Waals surface area contributed by atoms with Gasteiger partial charge in [-0.1, -0.05) is 6.07 Å². The minimum atomic E-state index is -0.763. The molecule has 0 aliphatic carbocycles. The molecular formula is C8H8BrClO2S. The topological polar surface area (TPSA) is 18.5 Å². The Kier molecular flexibility index (Phi) is 2.95. The van der Waals surface area contributed by atoms with Gasteiger partial charge in [0, 0.05) is 0 Å². The molecule has 0 amide bonds. The Hall–Kier alpha value is 0.390. The lowest BCUT2D eigenvalue weighted by atomic mass is 10.4.